The van der Waals surface area contributed by atoms with Gasteiger partial charge >= 0.3 is 0 Å². The van der Waals surface area contributed by atoms with Crippen LogP contribution in [0.5, 0.6) is 5.75 Å². The average Bonchev–Trinajstić information content (AvgIpc) is 3.43. The molecular weight excluding hydrogens is 406 g/mol. The Labute approximate surface area is 187 Å². The molecule has 0 fully saturated rings. The first kappa shape index (κ1) is 22.1. The van der Waals surface area contributed by atoms with E-state index in [1.165, 1.54) is 28.2 Å². The topological polar surface area (TPSA) is 97.8 Å². The van der Waals surface area contributed by atoms with E-state index in [0.717, 1.165) is 42.6 Å². The molecule has 1 unspecified atom stereocenters. The van der Waals surface area contributed by atoms with Gasteiger partial charge in [0.2, 0.25) is 0 Å². The van der Waals surface area contributed by atoms with Gasteiger partial charge in [-0.1, -0.05) is 18.2 Å². The highest BCUT2D eigenvalue weighted by Crippen LogP contribution is 2.36. The minimum Gasteiger partial charge on any atom is -0.497 e. The van der Waals surface area contributed by atoms with Crippen molar-refractivity contribution in [2.24, 2.45) is 0 Å². The molecule has 7 nitrogen and oxygen atoms in total. The van der Waals surface area contributed by atoms with Crippen LogP contribution < -0.4 is 10.2 Å². The number of benzene rings is 2. The second kappa shape index (κ2) is 9.99. The summed E-state index contributed by atoms with van der Waals surface area (Å²) in [5.74, 6) is 0.287. The molecule has 168 valence electrons. The summed E-state index contributed by atoms with van der Waals surface area (Å²) in [5, 5.41) is 19.5. The fourth-order valence-corrected chi connectivity index (χ4v) is 4.62. The molecule has 7 heteroatoms. The standard InChI is InChI=1S/C25H29N3O4/c1-32-20-5-7-21-19(16-26-23(21)15-20)10-11-28(12-13-29)24-8-4-18-14-17(2-6-22(18)24)3-9-25(30)27-31/h2-3,5-7,9,14-16,24,26,29,31H,4,8,10-13H2,1H3,(H,27,30)/b9-3+. The van der Waals surface area contributed by atoms with E-state index in [0.29, 0.717) is 6.54 Å². The minimum absolute atomic E-state index is 0.119. The van der Waals surface area contributed by atoms with Gasteiger partial charge in [0.15, 0.2) is 0 Å². The molecule has 1 aliphatic rings. The molecule has 0 bridgehead atoms. The van der Waals surface area contributed by atoms with Gasteiger partial charge in [-0.15, -0.1) is 0 Å². The van der Waals surface area contributed by atoms with E-state index in [1.807, 2.05) is 18.2 Å². The third-order valence-electron chi connectivity index (χ3n) is 6.22. The van der Waals surface area contributed by atoms with Crippen LogP contribution in [0.25, 0.3) is 17.0 Å². The van der Waals surface area contributed by atoms with Crippen LogP contribution in [-0.4, -0.2) is 52.9 Å². The van der Waals surface area contributed by atoms with Crippen molar-refractivity contribution in [3.63, 3.8) is 0 Å². The number of amides is 1. The van der Waals surface area contributed by atoms with E-state index < -0.39 is 5.91 Å². The van der Waals surface area contributed by atoms with Gasteiger partial charge in [0, 0.05) is 48.4 Å². The Morgan fingerprint density at radius 2 is 2.16 bits per heavy atom. The van der Waals surface area contributed by atoms with Gasteiger partial charge in [0.1, 0.15) is 5.75 Å². The fraction of sp³-hybridized carbons (Fsp3) is 0.320. The molecule has 1 atom stereocenters. The van der Waals surface area contributed by atoms with E-state index in [-0.39, 0.29) is 12.6 Å². The number of aromatic nitrogens is 1. The normalized spacial score (nSPS) is 15.6. The first-order chi connectivity index (χ1) is 15.6. The Balaban J connectivity index is 1.48. The average molecular weight is 436 g/mol. The number of hydrogen-bond donors (Lipinski definition) is 4. The maximum Gasteiger partial charge on any atom is 0.267 e. The number of aryl methyl sites for hydroxylation is 1. The summed E-state index contributed by atoms with van der Waals surface area (Å²) in [5.41, 5.74) is 7.40. The SMILES string of the molecule is COc1ccc2c(CCN(CCO)C3CCc4cc(/C=C/C(=O)NO)ccc43)c[nH]c2c1. The van der Waals surface area contributed by atoms with Gasteiger partial charge in [0.25, 0.3) is 5.91 Å². The van der Waals surface area contributed by atoms with Crippen molar-refractivity contribution in [3.8, 4) is 5.75 Å². The van der Waals surface area contributed by atoms with E-state index in [1.54, 1.807) is 18.7 Å². The summed E-state index contributed by atoms with van der Waals surface area (Å²) in [6, 6.07) is 12.5. The van der Waals surface area contributed by atoms with Crippen LogP contribution in [-0.2, 0) is 17.6 Å². The van der Waals surface area contributed by atoms with Gasteiger partial charge < -0.3 is 14.8 Å². The number of fused-ring (bicyclic) bond motifs is 2. The van der Waals surface area contributed by atoms with E-state index in [9.17, 15) is 9.90 Å². The molecule has 0 saturated carbocycles. The summed E-state index contributed by atoms with van der Waals surface area (Å²) < 4.78 is 5.31. The molecule has 2 aromatic carbocycles. The number of H-pyrrole nitrogens is 1. The van der Waals surface area contributed by atoms with Crippen molar-refractivity contribution in [1.29, 1.82) is 0 Å². The largest absolute Gasteiger partial charge is 0.497 e. The number of carbonyl (C=O) groups is 1. The highest BCUT2D eigenvalue weighted by Gasteiger charge is 2.27. The van der Waals surface area contributed by atoms with Crippen molar-refractivity contribution in [3.05, 3.63) is 70.9 Å². The zero-order valence-electron chi connectivity index (χ0n) is 18.2. The van der Waals surface area contributed by atoms with Crippen molar-refractivity contribution in [1.82, 2.24) is 15.4 Å². The van der Waals surface area contributed by atoms with Crippen LogP contribution in [0.3, 0.4) is 0 Å². The Hall–Kier alpha value is -3.13. The Morgan fingerprint density at radius 3 is 2.94 bits per heavy atom. The molecule has 1 heterocycles. The van der Waals surface area contributed by atoms with E-state index >= 15 is 0 Å². The lowest BCUT2D eigenvalue weighted by molar-refractivity contribution is -0.124. The third kappa shape index (κ3) is 4.70. The Morgan fingerprint density at radius 1 is 1.28 bits per heavy atom. The summed E-state index contributed by atoms with van der Waals surface area (Å²) >= 11 is 0. The first-order valence-electron chi connectivity index (χ1n) is 10.9. The molecule has 32 heavy (non-hydrogen) atoms. The number of rotatable bonds is 9. The van der Waals surface area contributed by atoms with Gasteiger partial charge in [-0.25, -0.2) is 5.48 Å². The molecule has 0 radical (unpaired) electrons. The van der Waals surface area contributed by atoms with Crippen LogP contribution >= 0.6 is 0 Å². The van der Waals surface area contributed by atoms with Crippen LogP contribution in [0.2, 0.25) is 0 Å². The van der Waals surface area contributed by atoms with Crippen molar-refractivity contribution >= 4 is 22.9 Å². The fourth-order valence-electron chi connectivity index (χ4n) is 4.62. The molecule has 0 spiro atoms. The monoisotopic (exact) mass is 435 g/mol. The summed E-state index contributed by atoms with van der Waals surface area (Å²) in [6.07, 6.45) is 7.91. The second-order valence-electron chi connectivity index (χ2n) is 8.06. The minimum atomic E-state index is -0.548. The smallest absolute Gasteiger partial charge is 0.267 e. The van der Waals surface area contributed by atoms with Crippen LogP contribution in [0.15, 0.2) is 48.7 Å². The van der Waals surface area contributed by atoms with Gasteiger partial charge in [-0.3, -0.25) is 14.9 Å². The Kier molecular flexibility index (Phi) is 6.90. The number of aliphatic hydroxyl groups is 1. The third-order valence-corrected chi connectivity index (χ3v) is 6.22. The predicted molar refractivity (Wildman–Crippen MR) is 124 cm³/mol. The summed E-state index contributed by atoms with van der Waals surface area (Å²) in [7, 11) is 1.67. The van der Waals surface area contributed by atoms with Crippen LogP contribution in [0, 0.1) is 0 Å². The first-order valence-corrected chi connectivity index (χ1v) is 10.9. The molecule has 1 aromatic heterocycles. The summed E-state index contributed by atoms with van der Waals surface area (Å²) in [4.78, 5) is 16.9. The quantitative estimate of drug-likeness (QED) is 0.235. The lowest BCUT2D eigenvalue weighted by Crippen LogP contribution is -2.32. The summed E-state index contributed by atoms with van der Waals surface area (Å²) in [6.45, 7) is 1.59. The zero-order valence-corrected chi connectivity index (χ0v) is 18.2. The number of aliphatic hydroxyl groups excluding tert-OH is 1. The highest BCUT2D eigenvalue weighted by atomic mass is 16.5. The van der Waals surface area contributed by atoms with Crippen molar-refractivity contribution in [2.45, 2.75) is 25.3 Å². The van der Waals surface area contributed by atoms with Crippen LogP contribution in [0.4, 0.5) is 0 Å². The molecule has 4 rings (SSSR count). The predicted octanol–water partition coefficient (Wildman–Crippen LogP) is 3.22. The zero-order chi connectivity index (χ0) is 22.5. The number of nitrogens with zero attached hydrogens (tertiary/aromatic N) is 1. The van der Waals surface area contributed by atoms with E-state index in [4.69, 9.17) is 9.94 Å². The Bertz CT molecular complexity index is 1120. The molecule has 0 aliphatic heterocycles. The van der Waals surface area contributed by atoms with Gasteiger partial charge in [-0.05, 0) is 59.7 Å². The number of carbonyl (C=O) groups excluding carboxylic acids is 1. The molecule has 0 saturated heterocycles. The number of aromatic amines is 1. The maximum atomic E-state index is 11.2. The lowest BCUT2D eigenvalue weighted by atomic mass is 10.0. The second-order valence-corrected chi connectivity index (χ2v) is 8.06. The van der Waals surface area contributed by atoms with Crippen molar-refractivity contribution in [2.75, 3.05) is 26.8 Å². The number of hydroxylamine groups is 1. The lowest BCUT2D eigenvalue weighted by Gasteiger charge is -2.29. The van der Waals surface area contributed by atoms with Crippen molar-refractivity contribution < 1.29 is 19.8 Å². The van der Waals surface area contributed by atoms with Crippen LogP contribution in [0.1, 0.15) is 34.7 Å². The maximum absolute atomic E-state index is 11.2. The molecule has 4 N–H and O–H groups in total. The molecule has 1 aliphatic carbocycles. The van der Waals surface area contributed by atoms with Gasteiger partial charge in [-0.2, -0.15) is 0 Å². The number of nitrogens with one attached hydrogen (secondary N) is 2. The number of ether oxygens (including phenoxy) is 1. The highest BCUT2D eigenvalue weighted by molar-refractivity contribution is 5.90. The number of methoxy groups -OCH3 is 1. The molecule has 1 amide bonds. The molecular formula is C25H29N3O4. The molecule has 3 aromatic rings. The number of hydrogen-bond acceptors (Lipinski definition) is 5. The van der Waals surface area contributed by atoms with E-state index in [2.05, 4.69) is 34.3 Å². The van der Waals surface area contributed by atoms with Gasteiger partial charge in [0.05, 0.1) is 13.7 Å².